The zero-order valence-corrected chi connectivity index (χ0v) is 19.9. The molecule has 0 spiro atoms. The number of aromatic amines is 1. The molecule has 1 saturated heterocycles. The number of aliphatic hydroxyl groups excluding tert-OH is 1. The molecule has 1 amide bonds. The summed E-state index contributed by atoms with van der Waals surface area (Å²) in [7, 11) is 1.49. The molecule has 2 heterocycles. The number of nitrogens with zero attached hydrogens (tertiary/aromatic N) is 1. The summed E-state index contributed by atoms with van der Waals surface area (Å²) in [5, 5.41) is 12.3. The molecule has 0 bridgehead atoms. The number of rotatable bonds is 6. The number of aryl methyl sites for hydroxylation is 1. The van der Waals surface area contributed by atoms with E-state index in [1.807, 2.05) is 37.3 Å². The van der Waals surface area contributed by atoms with Crippen LogP contribution in [0.5, 0.6) is 5.75 Å². The summed E-state index contributed by atoms with van der Waals surface area (Å²) in [6.45, 7) is 2.08. The highest BCUT2D eigenvalue weighted by Crippen LogP contribution is 2.43. The second-order valence-corrected chi connectivity index (χ2v) is 8.86. The van der Waals surface area contributed by atoms with Crippen LogP contribution in [0.3, 0.4) is 0 Å². The number of likely N-dealkylation sites (tertiary alicyclic amines) is 1. The van der Waals surface area contributed by atoms with Gasteiger partial charge >= 0.3 is 0 Å². The molecule has 1 unspecified atom stereocenters. The first-order valence-corrected chi connectivity index (χ1v) is 11.6. The monoisotopic (exact) mass is 484 g/mol. The van der Waals surface area contributed by atoms with Gasteiger partial charge in [0.1, 0.15) is 17.3 Å². The van der Waals surface area contributed by atoms with Crippen LogP contribution in [0.15, 0.2) is 78.5 Å². The fourth-order valence-electron chi connectivity index (χ4n) is 4.81. The molecular formula is C29H25FN2O4. The van der Waals surface area contributed by atoms with Gasteiger partial charge in [-0.05, 0) is 49.2 Å². The Bertz CT molecular complexity index is 1500. The number of para-hydroxylation sites is 1. The van der Waals surface area contributed by atoms with E-state index in [4.69, 9.17) is 4.74 Å². The zero-order chi connectivity index (χ0) is 25.4. The number of ether oxygens (including phenoxy) is 1. The van der Waals surface area contributed by atoms with Crippen molar-refractivity contribution in [2.75, 3.05) is 13.7 Å². The van der Waals surface area contributed by atoms with Crippen LogP contribution in [0, 0.1) is 12.7 Å². The number of aromatic nitrogens is 1. The standard InChI is InChI=1S/C29H25FN2O4/c1-17-7-12-24(36-2)21(15-17)27(33)25-26(22-16-31-23-6-4-3-5-20(22)23)32(29(35)28(25)34)14-13-18-8-10-19(30)11-9-18/h3-12,15-16,26,31,33H,13-14H2,1-2H3/b27-25+. The molecule has 1 fully saturated rings. The highest BCUT2D eigenvalue weighted by Gasteiger charge is 2.46. The first-order chi connectivity index (χ1) is 17.4. The average Bonchev–Trinajstić information content (AvgIpc) is 3.42. The van der Waals surface area contributed by atoms with Crippen molar-refractivity contribution in [3.8, 4) is 5.75 Å². The lowest BCUT2D eigenvalue weighted by Gasteiger charge is -2.25. The highest BCUT2D eigenvalue weighted by molar-refractivity contribution is 6.46. The van der Waals surface area contributed by atoms with Crippen LogP contribution in [0.1, 0.15) is 28.3 Å². The van der Waals surface area contributed by atoms with Crippen molar-refractivity contribution in [1.29, 1.82) is 0 Å². The van der Waals surface area contributed by atoms with E-state index in [9.17, 15) is 19.1 Å². The summed E-state index contributed by atoms with van der Waals surface area (Å²) in [6, 6.07) is 18.1. The third kappa shape index (κ3) is 4.02. The molecular weight excluding hydrogens is 459 g/mol. The number of nitrogens with one attached hydrogen (secondary N) is 1. The van der Waals surface area contributed by atoms with E-state index in [0.717, 1.165) is 22.0 Å². The Kier molecular flexibility index (Phi) is 6.06. The average molecular weight is 485 g/mol. The van der Waals surface area contributed by atoms with E-state index < -0.39 is 17.7 Å². The summed E-state index contributed by atoms with van der Waals surface area (Å²) in [4.78, 5) is 31.4. The van der Waals surface area contributed by atoms with Crippen molar-refractivity contribution in [2.24, 2.45) is 0 Å². The zero-order valence-electron chi connectivity index (χ0n) is 19.9. The Morgan fingerprint density at radius 1 is 1.08 bits per heavy atom. The number of benzene rings is 3. The fourth-order valence-corrected chi connectivity index (χ4v) is 4.81. The SMILES string of the molecule is COc1ccc(C)cc1/C(O)=C1\C(=O)C(=O)N(CCc2ccc(F)cc2)C1c1c[nH]c2ccccc12. The normalized spacial score (nSPS) is 17.2. The number of fused-ring (bicyclic) bond motifs is 1. The number of methoxy groups -OCH3 is 1. The number of amides is 1. The third-order valence-corrected chi connectivity index (χ3v) is 6.62. The topological polar surface area (TPSA) is 82.6 Å². The molecule has 0 aliphatic carbocycles. The predicted octanol–water partition coefficient (Wildman–Crippen LogP) is 5.29. The molecule has 1 aliphatic heterocycles. The first-order valence-electron chi connectivity index (χ1n) is 11.6. The molecule has 1 atom stereocenters. The molecule has 2 N–H and O–H groups in total. The minimum Gasteiger partial charge on any atom is -0.507 e. The summed E-state index contributed by atoms with van der Waals surface area (Å²) < 4.78 is 18.8. The summed E-state index contributed by atoms with van der Waals surface area (Å²) >= 11 is 0. The van der Waals surface area contributed by atoms with Crippen LogP contribution in [-0.4, -0.2) is 40.3 Å². The number of H-pyrrole nitrogens is 1. The molecule has 7 heteroatoms. The molecule has 182 valence electrons. The molecule has 1 aliphatic rings. The van der Waals surface area contributed by atoms with E-state index in [1.165, 1.54) is 24.1 Å². The van der Waals surface area contributed by atoms with Crippen LogP contribution >= 0.6 is 0 Å². The Balaban J connectivity index is 1.66. The number of carbonyl (C=O) groups is 2. The molecule has 1 aromatic heterocycles. The smallest absolute Gasteiger partial charge is 0.295 e. The summed E-state index contributed by atoms with van der Waals surface area (Å²) in [5.74, 6) is -1.68. The van der Waals surface area contributed by atoms with E-state index in [2.05, 4.69) is 4.98 Å². The van der Waals surface area contributed by atoms with Crippen molar-refractivity contribution in [3.05, 3.63) is 107 Å². The molecule has 0 saturated carbocycles. The van der Waals surface area contributed by atoms with Gasteiger partial charge < -0.3 is 19.7 Å². The van der Waals surface area contributed by atoms with Crippen molar-refractivity contribution >= 4 is 28.4 Å². The van der Waals surface area contributed by atoms with Crippen LogP contribution < -0.4 is 4.74 Å². The minimum absolute atomic E-state index is 0.00718. The van der Waals surface area contributed by atoms with E-state index in [0.29, 0.717) is 23.3 Å². The number of Topliss-reactive ketones (excluding diaryl/α,β-unsaturated/α-hetero) is 1. The van der Waals surface area contributed by atoms with E-state index in [1.54, 1.807) is 30.5 Å². The number of halogens is 1. The number of hydrogen-bond donors (Lipinski definition) is 2. The van der Waals surface area contributed by atoms with Gasteiger partial charge in [-0.3, -0.25) is 9.59 Å². The molecule has 3 aromatic carbocycles. The second kappa shape index (κ2) is 9.34. The van der Waals surface area contributed by atoms with Gasteiger partial charge in [-0.2, -0.15) is 0 Å². The minimum atomic E-state index is -0.813. The van der Waals surface area contributed by atoms with E-state index >= 15 is 0 Å². The maximum Gasteiger partial charge on any atom is 0.295 e. The third-order valence-electron chi connectivity index (χ3n) is 6.62. The number of carbonyl (C=O) groups excluding carboxylic acids is 2. The van der Waals surface area contributed by atoms with Gasteiger partial charge in [0.05, 0.1) is 24.3 Å². The quantitative estimate of drug-likeness (QED) is 0.221. The van der Waals surface area contributed by atoms with Gasteiger partial charge in [0.25, 0.3) is 11.7 Å². The lowest BCUT2D eigenvalue weighted by molar-refractivity contribution is -0.139. The number of ketones is 1. The summed E-state index contributed by atoms with van der Waals surface area (Å²) in [6.07, 6.45) is 2.19. The predicted molar refractivity (Wildman–Crippen MR) is 135 cm³/mol. The van der Waals surface area contributed by atoms with Gasteiger partial charge in [-0.15, -0.1) is 0 Å². The fraction of sp³-hybridized carbons (Fsp3) is 0.172. The van der Waals surface area contributed by atoms with Crippen molar-refractivity contribution in [1.82, 2.24) is 9.88 Å². The number of hydrogen-bond acceptors (Lipinski definition) is 4. The lowest BCUT2D eigenvalue weighted by Crippen LogP contribution is -2.31. The van der Waals surface area contributed by atoms with Crippen LogP contribution in [-0.2, 0) is 16.0 Å². The second-order valence-electron chi connectivity index (χ2n) is 8.86. The maximum atomic E-state index is 13.4. The van der Waals surface area contributed by atoms with Gasteiger partial charge in [-0.25, -0.2) is 4.39 Å². The molecule has 36 heavy (non-hydrogen) atoms. The molecule has 5 rings (SSSR count). The van der Waals surface area contributed by atoms with Crippen molar-refractivity contribution < 1.29 is 23.8 Å². The van der Waals surface area contributed by atoms with Crippen molar-refractivity contribution in [2.45, 2.75) is 19.4 Å². The van der Waals surface area contributed by atoms with Gasteiger partial charge in [-0.1, -0.05) is 42.0 Å². The van der Waals surface area contributed by atoms with Crippen LogP contribution in [0.25, 0.3) is 16.7 Å². The maximum absolute atomic E-state index is 13.4. The molecule has 4 aromatic rings. The lowest BCUT2D eigenvalue weighted by atomic mass is 9.94. The highest BCUT2D eigenvalue weighted by atomic mass is 19.1. The Morgan fingerprint density at radius 3 is 2.58 bits per heavy atom. The Labute approximate surface area is 207 Å². The first kappa shape index (κ1) is 23.4. The number of aliphatic hydroxyl groups is 1. The van der Waals surface area contributed by atoms with E-state index in [-0.39, 0.29) is 23.7 Å². The van der Waals surface area contributed by atoms with Crippen molar-refractivity contribution in [3.63, 3.8) is 0 Å². The Hall–Kier alpha value is -4.39. The largest absolute Gasteiger partial charge is 0.507 e. The van der Waals surface area contributed by atoms with Gasteiger partial charge in [0.15, 0.2) is 0 Å². The Morgan fingerprint density at radius 2 is 1.83 bits per heavy atom. The van der Waals surface area contributed by atoms with Crippen LogP contribution in [0.2, 0.25) is 0 Å². The van der Waals surface area contributed by atoms with Gasteiger partial charge in [0, 0.05) is 29.2 Å². The molecule has 6 nitrogen and oxygen atoms in total. The van der Waals surface area contributed by atoms with Gasteiger partial charge in [0.2, 0.25) is 0 Å². The molecule has 0 radical (unpaired) electrons. The summed E-state index contributed by atoms with van der Waals surface area (Å²) in [5.41, 5.74) is 3.61. The van der Waals surface area contributed by atoms with Crippen LogP contribution in [0.4, 0.5) is 4.39 Å².